The number of carbonyl (C=O) groups excluding carboxylic acids is 1. The maximum Gasteiger partial charge on any atom is 0.197 e. The van der Waals surface area contributed by atoms with Gasteiger partial charge in [-0.2, -0.15) is 0 Å². The van der Waals surface area contributed by atoms with Crippen LogP contribution in [-0.4, -0.2) is 10.4 Å². The molecule has 3 heteroatoms. The van der Waals surface area contributed by atoms with Gasteiger partial charge in [-0.15, -0.1) is 0 Å². The van der Waals surface area contributed by atoms with E-state index in [1.807, 2.05) is 6.08 Å². The summed E-state index contributed by atoms with van der Waals surface area (Å²) >= 11 is 2.07. The molecule has 0 atom stereocenters. The molecule has 0 aromatic heterocycles. The highest BCUT2D eigenvalue weighted by Gasteiger charge is 2.15. The van der Waals surface area contributed by atoms with Gasteiger partial charge in [-0.25, -0.2) is 0 Å². The Kier molecular flexibility index (Phi) is 2.50. The summed E-state index contributed by atoms with van der Waals surface area (Å²) in [7, 11) is 0. The average Bonchev–Trinajstić information content (AvgIpc) is 2.18. The van der Waals surface area contributed by atoms with Crippen molar-refractivity contribution in [3.8, 4) is 0 Å². The quantitative estimate of drug-likeness (QED) is 0.540. The molecule has 1 rings (SSSR count). The van der Waals surface area contributed by atoms with E-state index < -0.39 is 0 Å². The van der Waals surface area contributed by atoms with Gasteiger partial charge in [0.2, 0.25) is 0 Å². The molecule has 0 N–H and O–H groups in total. The lowest BCUT2D eigenvalue weighted by atomic mass is 10.3. The van der Waals surface area contributed by atoms with Crippen LogP contribution in [0.2, 0.25) is 0 Å². The van der Waals surface area contributed by atoms with Gasteiger partial charge >= 0.3 is 0 Å². The smallest absolute Gasteiger partial charge is 0.197 e. The van der Waals surface area contributed by atoms with Crippen LogP contribution in [0.5, 0.6) is 0 Å². The highest BCUT2D eigenvalue weighted by atomic mass is 127. The number of alkyl halides is 1. The maximum absolute atomic E-state index is 10.8. The highest BCUT2D eigenvalue weighted by Crippen LogP contribution is 2.14. The van der Waals surface area contributed by atoms with E-state index in [1.165, 1.54) is 0 Å². The molecule has 1 aliphatic carbocycles. The molecule has 0 aromatic rings. The van der Waals surface area contributed by atoms with Crippen LogP contribution >= 0.6 is 22.6 Å². The van der Waals surface area contributed by atoms with Gasteiger partial charge in [0, 0.05) is 6.42 Å². The average molecular weight is 238 g/mol. The molecule has 0 bridgehead atoms. The molecule has 0 amide bonds. The summed E-state index contributed by atoms with van der Waals surface area (Å²) < 4.78 is 5.58. The predicted octanol–water partition coefficient (Wildman–Crippen LogP) is 1.64. The Morgan fingerprint density at radius 3 is 3.00 bits per heavy atom. The molecule has 0 unspecified atom stereocenters. The van der Waals surface area contributed by atoms with E-state index in [1.54, 1.807) is 0 Å². The summed E-state index contributed by atoms with van der Waals surface area (Å²) in [6.45, 7) is 0. The second-order valence-electron chi connectivity index (χ2n) is 1.78. The lowest BCUT2D eigenvalue weighted by molar-refractivity contribution is -0.117. The Hall–Kier alpha value is -0.0600. The fourth-order valence-electron chi connectivity index (χ4n) is 0.770. The van der Waals surface area contributed by atoms with Crippen LogP contribution in [-0.2, 0) is 9.53 Å². The number of halogens is 1. The van der Waals surface area contributed by atoms with Gasteiger partial charge in [-0.1, -0.05) is 0 Å². The molecular formula is C6H7IO2. The molecule has 0 fully saturated rings. The van der Waals surface area contributed by atoms with Crippen LogP contribution in [0.4, 0.5) is 0 Å². The molecule has 0 aromatic carbocycles. The molecule has 0 saturated heterocycles. The second-order valence-corrected chi connectivity index (χ2v) is 2.41. The van der Waals surface area contributed by atoms with Crippen LogP contribution < -0.4 is 0 Å². The summed E-state index contributed by atoms with van der Waals surface area (Å²) in [5, 5.41) is 0. The molecule has 50 valence electrons. The highest BCUT2D eigenvalue weighted by molar-refractivity contribution is 14.1. The summed E-state index contributed by atoms with van der Waals surface area (Å²) in [6.07, 6.45) is 3.33. The number of Topliss-reactive ketones (excluding diaryl/α,β-unsaturated/α-hetero) is 1. The van der Waals surface area contributed by atoms with Gasteiger partial charge < -0.3 is 4.74 Å². The zero-order chi connectivity index (χ0) is 6.69. The van der Waals surface area contributed by atoms with E-state index in [2.05, 4.69) is 22.6 Å². The third-order valence-corrected chi connectivity index (χ3v) is 1.50. The van der Waals surface area contributed by atoms with Crippen LogP contribution in [0.25, 0.3) is 0 Å². The van der Waals surface area contributed by atoms with Gasteiger partial charge in [0.1, 0.15) is 4.61 Å². The standard InChI is InChI=1S/C6H7IO2/c7-4-9-6-3-1-2-5(6)8/h3H,1-2,4H2. The first-order chi connectivity index (χ1) is 4.34. The summed E-state index contributed by atoms with van der Waals surface area (Å²) in [5.41, 5.74) is 0. The van der Waals surface area contributed by atoms with Crippen molar-refractivity contribution in [2.75, 3.05) is 4.61 Å². The van der Waals surface area contributed by atoms with Gasteiger partial charge in [-0.3, -0.25) is 4.79 Å². The van der Waals surface area contributed by atoms with Crippen molar-refractivity contribution in [1.29, 1.82) is 0 Å². The molecule has 2 nitrogen and oxygen atoms in total. The third-order valence-electron chi connectivity index (χ3n) is 1.19. The fraction of sp³-hybridized carbons (Fsp3) is 0.500. The zero-order valence-electron chi connectivity index (χ0n) is 4.89. The third kappa shape index (κ3) is 1.67. The van der Waals surface area contributed by atoms with Crippen LogP contribution in [0.15, 0.2) is 11.8 Å². The molecule has 0 radical (unpaired) electrons. The van der Waals surface area contributed by atoms with Crippen molar-refractivity contribution >= 4 is 28.4 Å². The minimum absolute atomic E-state index is 0.145. The fourth-order valence-corrected chi connectivity index (χ4v) is 1.11. The number of rotatable bonds is 2. The van der Waals surface area contributed by atoms with E-state index in [0.717, 1.165) is 6.42 Å². The number of ether oxygens (including phenoxy) is 1. The van der Waals surface area contributed by atoms with Gasteiger partial charge in [0.25, 0.3) is 0 Å². The van der Waals surface area contributed by atoms with E-state index in [4.69, 9.17) is 4.74 Å². The van der Waals surface area contributed by atoms with Crippen molar-refractivity contribution in [3.05, 3.63) is 11.8 Å². The molecule has 9 heavy (non-hydrogen) atoms. The van der Waals surface area contributed by atoms with Gasteiger partial charge in [0.15, 0.2) is 11.5 Å². The summed E-state index contributed by atoms with van der Waals surface area (Å²) in [6, 6.07) is 0. The minimum atomic E-state index is 0.145. The van der Waals surface area contributed by atoms with Gasteiger partial charge in [0.05, 0.1) is 0 Å². The first-order valence-electron chi connectivity index (χ1n) is 2.76. The summed E-state index contributed by atoms with van der Waals surface area (Å²) in [4.78, 5) is 10.8. The first-order valence-corrected chi connectivity index (χ1v) is 4.29. The first kappa shape index (κ1) is 7.05. The number of hydrogen-bond acceptors (Lipinski definition) is 2. The lowest BCUT2D eigenvalue weighted by Gasteiger charge is -1.97. The lowest BCUT2D eigenvalue weighted by Crippen LogP contribution is -1.98. The van der Waals surface area contributed by atoms with Crippen molar-refractivity contribution in [1.82, 2.24) is 0 Å². The molecule has 0 aliphatic heterocycles. The van der Waals surface area contributed by atoms with Crippen molar-refractivity contribution < 1.29 is 9.53 Å². The zero-order valence-corrected chi connectivity index (χ0v) is 7.05. The molecule has 0 saturated carbocycles. The van der Waals surface area contributed by atoms with E-state index >= 15 is 0 Å². The maximum atomic E-state index is 10.8. The molecule has 0 spiro atoms. The van der Waals surface area contributed by atoms with E-state index in [0.29, 0.717) is 16.8 Å². The van der Waals surface area contributed by atoms with Crippen LogP contribution in [0, 0.1) is 0 Å². The van der Waals surface area contributed by atoms with Gasteiger partial charge in [-0.05, 0) is 35.1 Å². The van der Waals surface area contributed by atoms with Crippen molar-refractivity contribution in [2.24, 2.45) is 0 Å². The van der Waals surface area contributed by atoms with Crippen molar-refractivity contribution in [2.45, 2.75) is 12.8 Å². The molecule has 1 aliphatic rings. The number of hydrogen-bond donors (Lipinski definition) is 0. The summed E-state index contributed by atoms with van der Waals surface area (Å²) in [5.74, 6) is 0.705. The second kappa shape index (κ2) is 3.20. The Labute approximate surface area is 67.4 Å². The predicted molar refractivity (Wildman–Crippen MR) is 42.3 cm³/mol. The largest absolute Gasteiger partial charge is 0.480 e. The number of ketones is 1. The number of allylic oxidation sites excluding steroid dienone is 2. The monoisotopic (exact) mass is 238 g/mol. The topological polar surface area (TPSA) is 26.3 Å². The molecule has 0 heterocycles. The van der Waals surface area contributed by atoms with Crippen molar-refractivity contribution in [3.63, 3.8) is 0 Å². The Morgan fingerprint density at radius 1 is 1.78 bits per heavy atom. The molecular weight excluding hydrogens is 231 g/mol. The number of carbonyl (C=O) groups is 1. The van der Waals surface area contributed by atoms with Crippen LogP contribution in [0.3, 0.4) is 0 Å². The SMILES string of the molecule is O=C1CCC=C1OCI. The Bertz CT molecular complexity index is 151. The Morgan fingerprint density at radius 2 is 2.56 bits per heavy atom. The van der Waals surface area contributed by atoms with E-state index in [9.17, 15) is 4.79 Å². The minimum Gasteiger partial charge on any atom is -0.480 e. The Balaban J connectivity index is 2.47. The normalized spacial score (nSPS) is 17.9. The van der Waals surface area contributed by atoms with E-state index in [-0.39, 0.29) is 5.78 Å². The van der Waals surface area contributed by atoms with Crippen LogP contribution in [0.1, 0.15) is 12.8 Å².